The number of fused-ring (bicyclic) bond motifs is 1. The molecule has 0 radical (unpaired) electrons. The molecule has 1 aromatic heterocycles. The first-order valence-electron chi connectivity index (χ1n) is 9.36. The van der Waals surface area contributed by atoms with E-state index in [1.165, 1.54) is 24.3 Å². The number of aromatic nitrogens is 1. The molecule has 2 aromatic carbocycles. The second-order valence-electron chi connectivity index (χ2n) is 7.07. The van der Waals surface area contributed by atoms with E-state index in [0.717, 1.165) is 17.3 Å². The van der Waals surface area contributed by atoms with Crippen molar-refractivity contribution in [1.29, 1.82) is 0 Å². The lowest BCUT2D eigenvalue weighted by atomic mass is 9.99. The molecule has 1 aliphatic rings. The number of nitrogens with zero attached hydrogens (tertiary/aromatic N) is 2. The summed E-state index contributed by atoms with van der Waals surface area (Å²) in [6.45, 7) is 1.56. The average Bonchev–Trinajstić information content (AvgIpc) is 3.17. The van der Waals surface area contributed by atoms with Crippen LogP contribution in [-0.4, -0.2) is 28.5 Å². The normalized spacial score (nSPS) is 16.4. The standard InChI is InChI=1S/C22H20F3N3O/c23-16-5-3-15(4-6-16)13-26-21(29)14-28-11-10-27-9-1-2-20(27)22(28)18-8-7-17(24)12-19(18)25/h1-9,12,22H,10-11,13-14H2,(H,26,29). The fourth-order valence-electron chi connectivity index (χ4n) is 3.72. The molecule has 29 heavy (non-hydrogen) atoms. The van der Waals surface area contributed by atoms with Crippen molar-refractivity contribution in [2.24, 2.45) is 0 Å². The number of rotatable bonds is 5. The van der Waals surface area contributed by atoms with Gasteiger partial charge in [0.15, 0.2) is 0 Å². The predicted molar refractivity (Wildman–Crippen MR) is 102 cm³/mol. The highest BCUT2D eigenvalue weighted by Gasteiger charge is 2.31. The molecule has 1 atom stereocenters. The number of nitrogens with one attached hydrogen (secondary N) is 1. The molecule has 3 aromatic rings. The average molecular weight is 399 g/mol. The highest BCUT2D eigenvalue weighted by atomic mass is 19.1. The van der Waals surface area contributed by atoms with Crippen LogP contribution in [0.5, 0.6) is 0 Å². The minimum atomic E-state index is -0.638. The summed E-state index contributed by atoms with van der Waals surface area (Å²) in [5.74, 6) is -1.83. The second-order valence-corrected chi connectivity index (χ2v) is 7.07. The lowest BCUT2D eigenvalue weighted by Gasteiger charge is -2.37. The van der Waals surface area contributed by atoms with Crippen molar-refractivity contribution in [3.8, 4) is 0 Å². The molecule has 1 amide bonds. The first-order chi connectivity index (χ1) is 14.0. The molecule has 1 aliphatic heterocycles. The zero-order valence-electron chi connectivity index (χ0n) is 15.6. The summed E-state index contributed by atoms with van der Waals surface area (Å²) in [7, 11) is 0. The van der Waals surface area contributed by atoms with Crippen LogP contribution >= 0.6 is 0 Å². The SMILES string of the molecule is O=C(CN1CCn2cccc2C1c1ccc(F)cc1F)NCc1ccc(F)cc1. The largest absolute Gasteiger partial charge is 0.351 e. The number of benzene rings is 2. The van der Waals surface area contributed by atoms with Crippen LogP contribution in [0.3, 0.4) is 0 Å². The molecule has 4 nitrogen and oxygen atoms in total. The smallest absolute Gasteiger partial charge is 0.234 e. The summed E-state index contributed by atoms with van der Waals surface area (Å²) in [5, 5.41) is 2.82. The summed E-state index contributed by atoms with van der Waals surface area (Å²) in [6.07, 6.45) is 1.91. The Morgan fingerprint density at radius 2 is 1.76 bits per heavy atom. The molecule has 4 rings (SSSR count). The topological polar surface area (TPSA) is 37.3 Å². The minimum absolute atomic E-state index is 0.0634. The van der Waals surface area contributed by atoms with Crippen LogP contribution in [0, 0.1) is 17.5 Å². The number of hydrogen-bond donors (Lipinski definition) is 1. The molecular weight excluding hydrogens is 379 g/mol. The molecule has 1 unspecified atom stereocenters. The molecule has 0 spiro atoms. The number of halogens is 3. The van der Waals surface area contributed by atoms with E-state index in [9.17, 15) is 18.0 Å². The Balaban J connectivity index is 1.52. The van der Waals surface area contributed by atoms with Crippen LogP contribution in [0.15, 0.2) is 60.8 Å². The van der Waals surface area contributed by atoms with Gasteiger partial charge < -0.3 is 9.88 Å². The second kappa shape index (κ2) is 8.13. The fourth-order valence-corrected chi connectivity index (χ4v) is 3.72. The maximum absolute atomic E-state index is 14.5. The zero-order chi connectivity index (χ0) is 20.4. The third-order valence-corrected chi connectivity index (χ3v) is 5.14. The molecule has 150 valence electrons. The van der Waals surface area contributed by atoms with Gasteiger partial charge in [0.1, 0.15) is 17.5 Å². The van der Waals surface area contributed by atoms with Crippen molar-refractivity contribution < 1.29 is 18.0 Å². The zero-order valence-corrected chi connectivity index (χ0v) is 15.6. The third-order valence-electron chi connectivity index (χ3n) is 5.14. The molecule has 1 N–H and O–H groups in total. The number of hydrogen-bond acceptors (Lipinski definition) is 2. The number of carbonyl (C=O) groups excluding carboxylic acids is 1. The van der Waals surface area contributed by atoms with E-state index < -0.39 is 17.7 Å². The number of carbonyl (C=O) groups is 1. The maximum atomic E-state index is 14.5. The van der Waals surface area contributed by atoms with Crippen LogP contribution in [-0.2, 0) is 17.9 Å². The van der Waals surface area contributed by atoms with E-state index in [0.29, 0.717) is 18.7 Å². The quantitative estimate of drug-likeness (QED) is 0.712. The van der Waals surface area contributed by atoms with E-state index in [2.05, 4.69) is 5.32 Å². The van der Waals surface area contributed by atoms with Crippen molar-refractivity contribution in [1.82, 2.24) is 14.8 Å². The van der Waals surface area contributed by atoms with E-state index in [-0.39, 0.29) is 24.8 Å². The van der Waals surface area contributed by atoms with Crippen LogP contribution in [0.2, 0.25) is 0 Å². The van der Waals surface area contributed by atoms with Gasteiger partial charge in [0, 0.05) is 43.2 Å². The summed E-state index contributed by atoms with van der Waals surface area (Å²) >= 11 is 0. The lowest BCUT2D eigenvalue weighted by molar-refractivity contribution is -0.123. The van der Waals surface area contributed by atoms with E-state index in [1.54, 1.807) is 12.1 Å². The molecule has 0 saturated carbocycles. The van der Waals surface area contributed by atoms with Gasteiger partial charge in [-0.25, -0.2) is 13.2 Å². The third kappa shape index (κ3) is 4.19. The summed E-state index contributed by atoms with van der Waals surface area (Å²) in [6, 6.07) is 12.7. The summed E-state index contributed by atoms with van der Waals surface area (Å²) in [4.78, 5) is 14.4. The highest BCUT2D eigenvalue weighted by molar-refractivity contribution is 5.78. The van der Waals surface area contributed by atoms with Crippen molar-refractivity contribution in [2.45, 2.75) is 19.1 Å². The molecule has 0 fully saturated rings. The molecule has 0 bridgehead atoms. The van der Waals surface area contributed by atoms with Crippen LogP contribution < -0.4 is 5.32 Å². The van der Waals surface area contributed by atoms with Crippen LogP contribution in [0.4, 0.5) is 13.2 Å². The van der Waals surface area contributed by atoms with E-state index >= 15 is 0 Å². The molecule has 0 aliphatic carbocycles. The van der Waals surface area contributed by atoms with Crippen molar-refractivity contribution in [2.75, 3.05) is 13.1 Å². The highest BCUT2D eigenvalue weighted by Crippen LogP contribution is 2.33. The van der Waals surface area contributed by atoms with Crippen molar-refractivity contribution in [3.63, 3.8) is 0 Å². The van der Waals surface area contributed by atoms with E-state index in [4.69, 9.17) is 0 Å². The lowest BCUT2D eigenvalue weighted by Crippen LogP contribution is -2.44. The molecule has 2 heterocycles. The van der Waals surface area contributed by atoms with Gasteiger partial charge in [0.05, 0.1) is 12.6 Å². The van der Waals surface area contributed by atoms with Crippen molar-refractivity contribution >= 4 is 5.91 Å². The molecular formula is C22H20F3N3O. The predicted octanol–water partition coefficient (Wildman–Crippen LogP) is 3.63. The van der Waals surface area contributed by atoms with Gasteiger partial charge in [-0.05, 0) is 35.9 Å². The van der Waals surface area contributed by atoms with E-state index in [1.807, 2.05) is 27.8 Å². The Morgan fingerprint density at radius 3 is 2.52 bits per heavy atom. The number of amides is 1. The van der Waals surface area contributed by atoms with Crippen LogP contribution in [0.1, 0.15) is 22.9 Å². The first-order valence-corrected chi connectivity index (χ1v) is 9.36. The van der Waals surface area contributed by atoms with Gasteiger partial charge in [-0.3, -0.25) is 9.69 Å². The minimum Gasteiger partial charge on any atom is -0.351 e. The van der Waals surface area contributed by atoms with Crippen molar-refractivity contribution in [3.05, 3.63) is 95.1 Å². The monoisotopic (exact) mass is 399 g/mol. The summed E-state index contributed by atoms with van der Waals surface area (Å²) in [5.41, 5.74) is 1.97. The maximum Gasteiger partial charge on any atom is 0.234 e. The Morgan fingerprint density at radius 1 is 1.00 bits per heavy atom. The van der Waals surface area contributed by atoms with Gasteiger partial charge in [-0.2, -0.15) is 0 Å². The van der Waals surface area contributed by atoms with Gasteiger partial charge in [-0.1, -0.05) is 18.2 Å². The van der Waals surface area contributed by atoms with Gasteiger partial charge in [-0.15, -0.1) is 0 Å². The summed E-state index contributed by atoms with van der Waals surface area (Å²) < 4.78 is 43.0. The molecule has 0 saturated heterocycles. The van der Waals surface area contributed by atoms with Gasteiger partial charge in [0.2, 0.25) is 5.91 Å². The Hall–Kier alpha value is -3.06. The van der Waals surface area contributed by atoms with Crippen LogP contribution in [0.25, 0.3) is 0 Å². The Labute approximate surface area is 166 Å². The fraction of sp³-hybridized carbons (Fsp3) is 0.227. The Bertz CT molecular complexity index is 1020. The van der Waals surface area contributed by atoms with Gasteiger partial charge in [0.25, 0.3) is 0 Å². The Kier molecular flexibility index (Phi) is 5.40. The van der Waals surface area contributed by atoms with Gasteiger partial charge >= 0.3 is 0 Å². The molecule has 7 heteroatoms. The first kappa shape index (κ1) is 19.3.